The van der Waals surface area contributed by atoms with Crippen LogP contribution in [0.2, 0.25) is 0 Å². The number of benzene rings is 2. The molecular weight excluding hydrogens is 985 g/mol. The van der Waals surface area contributed by atoms with Crippen LogP contribution in [0, 0.1) is 24.5 Å². The third-order valence-electron chi connectivity index (χ3n) is 12.3. The number of urea groups is 1. The minimum atomic E-state index is -1.10. The molecule has 0 fully saturated rings. The van der Waals surface area contributed by atoms with Crippen LogP contribution in [0.1, 0.15) is 75.0 Å². The van der Waals surface area contributed by atoms with Gasteiger partial charge in [-0.25, -0.2) is 32.9 Å². The highest BCUT2D eigenvalue weighted by atomic mass is 19.1. The van der Waals surface area contributed by atoms with Crippen LogP contribution in [-0.2, 0) is 48.3 Å². The van der Waals surface area contributed by atoms with Gasteiger partial charge < -0.3 is 41.6 Å². The van der Waals surface area contributed by atoms with Gasteiger partial charge in [0.25, 0.3) is 11.8 Å². The molecule has 2 atom stereocenters. The van der Waals surface area contributed by atoms with E-state index in [1.807, 2.05) is 31.2 Å². The smallest absolute Gasteiger partial charge is 0.410 e. The predicted octanol–water partition coefficient (Wildman–Crippen LogP) is 5.65. The number of nitrogens with one attached hydrogen (secondary N) is 5. The molecule has 21 nitrogen and oxygen atoms in total. The summed E-state index contributed by atoms with van der Waals surface area (Å²) >= 11 is 0. The summed E-state index contributed by atoms with van der Waals surface area (Å²) in [6, 6.07) is 16.0. The Bertz CT molecular complexity index is 3090. The van der Waals surface area contributed by atoms with Crippen molar-refractivity contribution in [2.75, 3.05) is 25.0 Å². The molecule has 1 aliphatic heterocycles. The normalized spacial score (nSPS) is 12.9. The average Bonchev–Trinajstić information content (AvgIpc) is 4.13. The molecule has 0 bridgehead atoms. The highest BCUT2D eigenvalue weighted by molar-refractivity contribution is 6.12. The molecule has 2 aromatic carbocycles. The van der Waals surface area contributed by atoms with E-state index in [1.54, 1.807) is 54.9 Å². The number of amides is 8. The van der Waals surface area contributed by atoms with Gasteiger partial charge in [-0.1, -0.05) is 44.5 Å². The van der Waals surface area contributed by atoms with E-state index in [2.05, 4.69) is 36.3 Å². The summed E-state index contributed by atoms with van der Waals surface area (Å²) < 4.78 is 36.1. The number of carbonyl (C=O) groups excluding carboxylic acids is 7. The summed E-state index contributed by atoms with van der Waals surface area (Å²) in [5, 5.41) is 15.0. The summed E-state index contributed by atoms with van der Waals surface area (Å²) in [7, 11) is 0. The van der Waals surface area contributed by atoms with Gasteiger partial charge in [0, 0.05) is 67.4 Å². The van der Waals surface area contributed by atoms with Crippen molar-refractivity contribution in [3.8, 4) is 22.6 Å². The Morgan fingerprint density at radius 2 is 1.66 bits per heavy atom. The number of H-pyrrole nitrogens is 1. The summed E-state index contributed by atoms with van der Waals surface area (Å²) in [5.74, 6) is -3.81. The van der Waals surface area contributed by atoms with Crippen LogP contribution < -0.4 is 27.0 Å². The topological polar surface area (TPSA) is 281 Å². The first kappa shape index (κ1) is 54.9. The Morgan fingerprint density at radius 1 is 0.882 bits per heavy atom. The Balaban J connectivity index is 0.994. The number of aromatic amines is 1. The van der Waals surface area contributed by atoms with Gasteiger partial charge in [0.15, 0.2) is 5.65 Å². The first-order chi connectivity index (χ1) is 36.5. The van der Waals surface area contributed by atoms with Crippen molar-refractivity contribution in [1.82, 2.24) is 55.3 Å². The van der Waals surface area contributed by atoms with Gasteiger partial charge in [0.1, 0.15) is 48.2 Å². The van der Waals surface area contributed by atoms with E-state index in [9.17, 15) is 42.3 Å². The van der Waals surface area contributed by atoms with Crippen LogP contribution >= 0.6 is 0 Å². The van der Waals surface area contributed by atoms with Gasteiger partial charge in [-0.05, 0) is 98.5 Å². The van der Waals surface area contributed by atoms with Crippen molar-refractivity contribution >= 4 is 53.0 Å². The Morgan fingerprint density at radius 3 is 2.38 bits per heavy atom. The Labute approximate surface area is 436 Å². The number of imide groups is 1. The number of carbonyl (C=O) groups is 7. The van der Waals surface area contributed by atoms with Crippen LogP contribution in [0.3, 0.4) is 0 Å². The number of aryl methyl sites for hydroxylation is 1. The standard InChI is InChI=1S/C53H59F2N13O8/c1-32(2)47(65-44(69)12-5-4-6-25-67-45(70)21-22-46(67)71)51(73)62-41(11-8-24-57-52(56)74)50(72)61-38-18-13-34(14-19-38)30-76-53(75)66(26-23-35-15-17-37(54)27-39(35)55)29-42-63-48(36-16-20-43-58-31-59-68(43)28-36)49(64-42)40-10-7-9-33(3)60-40/h7,9-10,13-22,27-28,31-32,41,47H,4-6,8,11-12,23-26,29-30H2,1-3H3,(H,61,72)(H,62,73)(H,63,64)(H,65,69)(H3,56,57,74). The predicted molar refractivity (Wildman–Crippen MR) is 274 cm³/mol. The maximum absolute atomic E-state index is 14.9. The Kier molecular flexibility index (Phi) is 18.7. The molecule has 398 valence electrons. The number of hydrogen-bond donors (Lipinski definition) is 6. The second-order valence-electron chi connectivity index (χ2n) is 18.5. The number of nitrogens with two attached hydrogens (primary N) is 1. The van der Waals surface area contributed by atoms with E-state index in [0.717, 1.165) is 22.7 Å². The molecule has 1 aliphatic rings. The number of imidazole rings is 1. The first-order valence-corrected chi connectivity index (χ1v) is 24.8. The average molecular weight is 1040 g/mol. The number of unbranched alkanes of at least 4 members (excludes halogenated alkanes) is 2. The molecule has 0 spiro atoms. The maximum atomic E-state index is 14.9. The lowest BCUT2D eigenvalue weighted by molar-refractivity contribution is -0.137. The second kappa shape index (κ2) is 25.9. The van der Waals surface area contributed by atoms with E-state index in [4.69, 9.17) is 20.4 Å². The van der Waals surface area contributed by atoms with Crippen molar-refractivity contribution in [2.24, 2.45) is 11.7 Å². The molecule has 7 rings (SSSR count). The number of nitrogens with zero attached hydrogens (tertiary/aromatic N) is 7. The molecule has 8 amide bonds. The zero-order valence-corrected chi connectivity index (χ0v) is 42.2. The molecule has 76 heavy (non-hydrogen) atoms. The first-order valence-electron chi connectivity index (χ1n) is 24.8. The van der Waals surface area contributed by atoms with Gasteiger partial charge >= 0.3 is 12.1 Å². The van der Waals surface area contributed by atoms with Crippen molar-refractivity contribution in [2.45, 2.75) is 91.0 Å². The quantitative estimate of drug-likeness (QED) is 0.0300. The number of fused-ring (bicyclic) bond motifs is 1. The number of anilines is 1. The van der Waals surface area contributed by atoms with Gasteiger partial charge in [-0.3, -0.25) is 33.9 Å². The van der Waals surface area contributed by atoms with Crippen molar-refractivity contribution < 1.29 is 47.1 Å². The van der Waals surface area contributed by atoms with Crippen LogP contribution in [0.5, 0.6) is 0 Å². The second-order valence-corrected chi connectivity index (χ2v) is 18.5. The number of rotatable bonds is 25. The van der Waals surface area contributed by atoms with Crippen molar-refractivity contribution in [3.63, 3.8) is 0 Å². The van der Waals surface area contributed by atoms with Crippen LogP contribution in [0.25, 0.3) is 28.3 Å². The van der Waals surface area contributed by atoms with Crippen molar-refractivity contribution in [1.29, 1.82) is 0 Å². The summed E-state index contributed by atoms with van der Waals surface area (Å²) in [4.78, 5) is 109. The minimum Gasteiger partial charge on any atom is -0.445 e. The molecule has 0 saturated carbocycles. The van der Waals surface area contributed by atoms with Crippen LogP contribution in [-0.4, -0.2) is 113 Å². The van der Waals surface area contributed by atoms with E-state index in [1.165, 1.54) is 29.4 Å². The fraction of sp³-hybridized carbons (Fsp3) is 0.340. The Hall–Kier alpha value is -8.89. The third kappa shape index (κ3) is 15.1. The van der Waals surface area contributed by atoms with Crippen LogP contribution in [0.4, 0.5) is 24.1 Å². The van der Waals surface area contributed by atoms with Crippen molar-refractivity contribution in [3.05, 3.63) is 132 Å². The van der Waals surface area contributed by atoms with Gasteiger partial charge in [-0.2, -0.15) is 5.10 Å². The van der Waals surface area contributed by atoms with Gasteiger partial charge in [-0.15, -0.1) is 0 Å². The number of aromatic nitrogens is 6. The fourth-order valence-corrected chi connectivity index (χ4v) is 8.29. The molecule has 0 radical (unpaired) electrons. The van der Waals surface area contributed by atoms with E-state index in [0.29, 0.717) is 64.6 Å². The molecule has 0 aliphatic carbocycles. The number of pyridine rings is 2. The lowest BCUT2D eigenvalue weighted by atomic mass is 10.0. The number of hydrogen-bond acceptors (Lipinski definition) is 12. The van der Waals surface area contributed by atoms with Gasteiger partial charge in [0.2, 0.25) is 17.7 Å². The zero-order chi connectivity index (χ0) is 54.3. The molecule has 2 unspecified atom stereocenters. The molecule has 5 heterocycles. The minimum absolute atomic E-state index is 0.0169. The number of primary amides is 1. The molecule has 6 aromatic rings. The SMILES string of the molecule is Cc1cccc(-c2nc(CN(CCc3ccc(F)cc3F)C(=O)OCc3ccc(NC(=O)C(CCCNC(N)=O)NC(=O)C(NC(=O)CCCCCN4C(=O)C=CC4=O)C(C)C)cc3)[nH]c2-c2ccc3ncnn3c2)n1. The summed E-state index contributed by atoms with van der Waals surface area (Å²) in [6.45, 7) is 5.36. The maximum Gasteiger partial charge on any atom is 0.410 e. The summed E-state index contributed by atoms with van der Waals surface area (Å²) in [6.07, 6.45) is 6.88. The molecule has 0 saturated heterocycles. The molecule has 4 aromatic heterocycles. The number of ether oxygens (including phenoxy) is 1. The molecule has 23 heteroatoms. The number of halogens is 2. The van der Waals surface area contributed by atoms with E-state index in [-0.39, 0.29) is 87.7 Å². The van der Waals surface area contributed by atoms with Crippen LogP contribution in [0.15, 0.2) is 97.5 Å². The highest BCUT2D eigenvalue weighted by Crippen LogP contribution is 2.30. The van der Waals surface area contributed by atoms with E-state index >= 15 is 0 Å². The molecule has 7 N–H and O–H groups in total. The fourth-order valence-electron chi connectivity index (χ4n) is 8.29. The van der Waals surface area contributed by atoms with Gasteiger partial charge in [0.05, 0.1) is 17.9 Å². The largest absolute Gasteiger partial charge is 0.445 e. The molecular formula is C53H59F2N13O8. The zero-order valence-electron chi connectivity index (χ0n) is 42.2. The summed E-state index contributed by atoms with van der Waals surface area (Å²) in [5.41, 5.74) is 10.1. The monoisotopic (exact) mass is 1040 g/mol. The third-order valence-corrected chi connectivity index (χ3v) is 12.3. The lowest BCUT2D eigenvalue weighted by Crippen LogP contribution is -2.54. The highest BCUT2D eigenvalue weighted by Gasteiger charge is 2.30. The van der Waals surface area contributed by atoms with E-state index < -0.39 is 47.7 Å². The lowest BCUT2D eigenvalue weighted by Gasteiger charge is -2.25.